The van der Waals surface area contributed by atoms with Gasteiger partial charge in [0.2, 0.25) is 15.9 Å². The van der Waals surface area contributed by atoms with E-state index in [0.717, 1.165) is 4.31 Å². The number of methoxy groups -OCH3 is 2. The first kappa shape index (κ1) is 23.5. The van der Waals surface area contributed by atoms with Gasteiger partial charge in [0, 0.05) is 20.5 Å². The number of rotatable bonds is 11. The summed E-state index contributed by atoms with van der Waals surface area (Å²) in [6.45, 7) is 0.634. The number of hydrogen-bond donors (Lipinski definition) is 1. The topological polar surface area (TPSA) is 94.2 Å². The summed E-state index contributed by atoms with van der Waals surface area (Å²) in [5.41, 5.74) is 0.654. The number of nitrogens with zero attached hydrogens (tertiary/aromatic N) is 1. The smallest absolute Gasteiger partial charge is 0.242 e. The molecule has 1 amide bonds. The Balaban J connectivity index is 1.89. The quantitative estimate of drug-likeness (QED) is 0.542. The van der Waals surface area contributed by atoms with Crippen LogP contribution in [0.25, 0.3) is 0 Å². The van der Waals surface area contributed by atoms with Crippen molar-refractivity contribution in [2.75, 3.05) is 41.5 Å². The number of sulfonamides is 1. The number of benzene rings is 2. The second-order valence-electron chi connectivity index (χ2n) is 6.61. The molecule has 164 valence electrons. The van der Waals surface area contributed by atoms with Gasteiger partial charge in [0.05, 0.1) is 25.7 Å². The van der Waals surface area contributed by atoms with Gasteiger partial charge >= 0.3 is 0 Å². The highest BCUT2D eigenvalue weighted by Gasteiger charge is 2.19. The van der Waals surface area contributed by atoms with Crippen LogP contribution in [0.3, 0.4) is 0 Å². The first-order chi connectivity index (χ1) is 14.3. The fraction of sp³-hybridized carbons (Fsp3) is 0.381. The Morgan fingerprint density at radius 3 is 2.30 bits per heavy atom. The minimum atomic E-state index is -3.56. The summed E-state index contributed by atoms with van der Waals surface area (Å²) in [5, 5.41) is 2.79. The van der Waals surface area contributed by atoms with Gasteiger partial charge in [-0.3, -0.25) is 4.79 Å². The van der Waals surface area contributed by atoms with Crippen molar-refractivity contribution in [2.24, 2.45) is 0 Å². The maximum Gasteiger partial charge on any atom is 0.242 e. The molecule has 0 aromatic heterocycles. The molecule has 9 heteroatoms. The monoisotopic (exact) mass is 436 g/mol. The van der Waals surface area contributed by atoms with Crippen molar-refractivity contribution in [3.63, 3.8) is 0 Å². The lowest BCUT2D eigenvalue weighted by Gasteiger charge is -2.14. The third-order valence-corrected chi connectivity index (χ3v) is 6.21. The Labute approximate surface area is 177 Å². The number of hydrogen-bond acceptors (Lipinski definition) is 6. The van der Waals surface area contributed by atoms with Gasteiger partial charge in [-0.2, -0.15) is 0 Å². The molecular formula is C21H28N2O6S. The number of ether oxygens (including phenoxy) is 3. The molecule has 0 radical (unpaired) electrons. The summed E-state index contributed by atoms with van der Waals surface area (Å²) in [5.74, 6) is 1.61. The predicted octanol–water partition coefficient (Wildman–Crippen LogP) is 2.08. The zero-order valence-electron chi connectivity index (χ0n) is 17.7. The highest BCUT2D eigenvalue weighted by Crippen LogP contribution is 2.26. The molecule has 8 nitrogen and oxygen atoms in total. The predicted molar refractivity (Wildman–Crippen MR) is 114 cm³/mol. The molecule has 1 N–H and O–H groups in total. The Hall–Kier alpha value is -2.78. The van der Waals surface area contributed by atoms with Crippen molar-refractivity contribution in [1.29, 1.82) is 0 Å². The van der Waals surface area contributed by atoms with Crippen LogP contribution < -0.4 is 19.5 Å². The lowest BCUT2D eigenvalue weighted by Crippen LogP contribution is -2.28. The SMILES string of the molecule is COc1ccc(S(=O)(=O)N(C)C)cc1CCC(=O)NCCOc1ccccc1OC. The fourth-order valence-corrected chi connectivity index (χ4v) is 3.70. The summed E-state index contributed by atoms with van der Waals surface area (Å²) in [6.07, 6.45) is 0.537. The van der Waals surface area contributed by atoms with Crippen LogP contribution in [0.1, 0.15) is 12.0 Å². The zero-order chi connectivity index (χ0) is 22.1. The minimum absolute atomic E-state index is 0.161. The molecule has 0 aliphatic carbocycles. The maximum atomic E-state index is 12.3. The van der Waals surface area contributed by atoms with Crippen molar-refractivity contribution in [3.05, 3.63) is 48.0 Å². The van der Waals surface area contributed by atoms with E-state index in [1.54, 1.807) is 31.4 Å². The lowest BCUT2D eigenvalue weighted by molar-refractivity contribution is -0.121. The van der Waals surface area contributed by atoms with Crippen LogP contribution in [0.5, 0.6) is 17.2 Å². The first-order valence-electron chi connectivity index (χ1n) is 9.41. The summed E-state index contributed by atoms with van der Waals surface area (Å²) in [6, 6.07) is 11.9. The second kappa shape index (κ2) is 10.8. The van der Waals surface area contributed by atoms with Crippen molar-refractivity contribution in [1.82, 2.24) is 9.62 Å². The van der Waals surface area contributed by atoms with E-state index in [1.807, 2.05) is 12.1 Å². The van der Waals surface area contributed by atoms with Gasteiger partial charge in [-0.1, -0.05) is 12.1 Å². The molecule has 30 heavy (non-hydrogen) atoms. The molecule has 0 heterocycles. The van der Waals surface area contributed by atoms with Gasteiger partial charge in [-0.15, -0.1) is 0 Å². The highest BCUT2D eigenvalue weighted by atomic mass is 32.2. The largest absolute Gasteiger partial charge is 0.496 e. The average Bonchev–Trinajstić information content (AvgIpc) is 2.75. The van der Waals surface area contributed by atoms with Crippen molar-refractivity contribution in [2.45, 2.75) is 17.7 Å². The molecule has 0 bridgehead atoms. The van der Waals surface area contributed by atoms with E-state index in [2.05, 4.69) is 5.32 Å². The van der Waals surface area contributed by atoms with Crippen molar-refractivity contribution >= 4 is 15.9 Å². The van der Waals surface area contributed by atoms with Crippen LogP contribution in [0, 0.1) is 0 Å². The van der Waals surface area contributed by atoms with Crippen LogP contribution in [0.4, 0.5) is 0 Å². The number of aryl methyl sites for hydroxylation is 1. The standard InChI is InChI=1S/C21H28N2O6S/c1-23(2)30(25,26)17-10-11-18(27-3)16(15-17)9-12-21(24)22-13-14-29-20-8-6-5-7-19(20)28-4/h5-8,10-11,15H,9,12-14H2,1-4H3,(H,22,24). The van der Waals surface area contributed by atoms with E-state index in [1.165, 1.54) is 27.3 Å². The van der Waals surface area contributed by atoms with E-state index < -0.39 is 10.0 Å². The Bertz CT molecular complexity index is 960. The highest BCUT2D eigenvalue weighted by molar-refractivity contribution is 7.89. The number of amides is 1. The summed E-state index contributed by atoms with van der Waals surface area (Å²) in [4.78, 5) is 12.3. The lowest BCUT2D eigenvalue weighted by atomic mass is 10.1. The van der Waals surface area contributed by atoms with Gasteiger partial charge in [0.15, 0.2) is 11.5 Å². The molecule has 0 aliphatic rings. The van der Waals surface area contributed by atoms with Gasteiger partial charge in [0.25, 0.3) is 0 Å². The van der Waals surface area contributed by atoms with E-state index >= 15 is 0 Å². The van der Waals surface area contributed by atoms with Crippen LogP contribution in [-0.4, -0.2) is 60.1 Å². The number of carbonyl (C=O) groups is 1. The van der Waals surface area contributed by atoms with Gasteiger partial charge in [-0.25, -0.2) is 12.7 Å². The van der Waals surface area contributed by atoms with E-state index in [-0.39, 0.29) is 17.2 Å². The third-order valence-electron chi connectivity index (χ3n) is 4.40. The molecule has 2 rings (SSSR count). The molecule has 2 aromatic rings. The van der Waals surface area contributed by atoms with Crippen LogP contribution >= 0.6 is 0 Å². The summed E-state index contributed by atoms with van der Waals surface area (Å²) < 4.78 is 42.0. The summed E-state index contributed by atoms with van der Waals surface area (Å²) >= 11 is 0. The molecule has 0 aliphatic heterocycles. The van der Waals surface area contributed by atoms with Crippen LogP contribution in [0.15, 0.2) is 47.4 Å². The maximum absolute atomic E-state index is 12.3. The van der Waals surface area contributed by atoms with E-state index in [4.69, 9.17) is 14.2 Å². The molecule has 2 aromatic carbocycles. The number of carbonyl (C=O) groups excluding carboxylic acids is 1. The Morgan fingerprint density at radius 1 is 1.00 bits per heavy atom. The number of nitrogens with one attached hydrogen (secondary N) is 1. The third kappa shape index (κ3) is 6.11. The Kier molecular flexibility index (Phi) is 8.49. The normalized spacial score (nSPS) is 11.2. The second-order valence-corrected chi connectivity index (χ2v) is 8.76. The van der Waals surface area contributed by atoms with Gasteiger partial charge in [0.1, 0.15) is 12.4 Å². The van der Waals surface area contributed by atoms with Crippen LogP contribution in [0.2, 0.25) is 0 Å². The average molecular weight is 437 g/mol. The number of para-hydroxylation sites is 2. The molecule has 0 fully saturated rings. The van der Waals surface area contributed by atoms with Crippen molar-refractivity contribution < 1.29 is 27.4 Å². The van der Waals surface area contributed by atoms with Gasteiger partial charge in [-0.05, 0) is 42.3 Å². The molecule has 0 unspecified atom stereocenters. The molecular weight excluding hydrogens is 408 g/mol. The fourth-order valence-electron chi connectivity index (χ4n) is 2.75. The Morgan fingerprint density at radius 2 is 1.67 bits per heavy atom. The molecule has 0 atom stereocenters. The van der Waals surface area contributed by atoms with E-state index in [0.29, 0.717) is 42.4 Å². The molecule has 0 saturated heterocycles. The molecule has 0 saturated carbocycles. The minimum Gasteiger partial charge on any atom is -0.496 e. The summed E-state index contributed by atoms with van der Waals surface area (Å²) in [7, 11) is 2.46. The molecule has 0 spiro atoms. The van der Waals surface area contributed by atoms with E-state index in [9.17, 15) is 13.2 Å². The van der Waals surface area contributed by atoms with Crippen LogP contribution in [-0.2, 0) is 21.2 Å². The first-order valence-corrected chi connectivity index (χ1v) is 10.9. The zero-order valence-corrected chi connectivity index (χ0v) is 18.5. The van der Waals surface area contributed by atoms with Crippen molar-refractivity contribution in [3.8, 4) is 17.2 Å². The van der Waals surface area contributed by atoms with Gasteiger partial charge < -0.3 is 19.5 Å².